The van der Waals surface area contributed by atoms with Crippen molar-refractivity contribution < 1.29 is 0 Å². The van der Waals surface area contributed by atoms with Crippen LogP contribution in [-0.2, 0) is 0 Å². The molecule has 0 amide bonds. The van der Waals surface area contributed by atoms with Gasteiger partial charge in [0.1, 0.15) is 0 Å². The predicted octanol–water partition coefficient (Wildman–Crippen LogP) is 5.93. The smallest absolute Gasteiger partial charge is 0.00696 e. The molecule has 20 heavy (non-hydrogen) atoms. The third-order valence-corrected chi connectivity index (χ3v) is 5.20. The fourth-order valence-corrected chi connectivity index (χ4v) is 3.70. The van der Waals surface area contributed by atoms with Crippen molar-refractivity contribution in [3.63, 3.8) is 0 Å². The van der Waals surface area contributed by atoms with Crippen molar-refractivity contribution in [2.24, 2.45) is 11.3 Å². The summed E-state index contributed by atoms with van der Waals surface area (Å²) in [6.45, 7) is 11.9. The van der Waals surface area contributed by atoms with Gasteiger partial charge >= 0.3 is 0 Å². The molecule has 1 aliphatic rings. The maximum absolute atomic E-state index is 3.91. The molecule has 1 fully saturated rings. The van der Waals surface area contributed by atoms with Crippen molar-refractivity contribution in [3.05, 3.63) is 0 Å². The zero-order valence-electron chi connectivity index (χ0n) is 14.8. The average Bonchev–Trinajstić information content (AvgIpc) is 2.60. The zero-order valence-corrected chi connectivity index (χ0v) is 14.8. The molecule has 0 aliphatic heterocycles. The average molecular weight is 282 g/mol. The Hall–Kier alpha value is -0.0400. The van der Waals surface area contributed by atoms with Gasteiger partial charge in [0.25, 0.3) is 0 Å². The maximum Gasteiger partial charge on any atom is 0.00696 e. The summed E-state index contributed by atoms with van der Waals surface area (Å²) in [5.41, 5.74) is 0.501. The van der Waals surface area contributed by atoms with Crippen molar-refractivity contribution in [3.8, 4) is 0 Å². The Balaban J connectivity index is 2.24. The van der Waals surface area contributed by atoms with E-state index in [4.69, 9.17) is 0 Å². The lowest BCUT2D eigenvalue weighted by molar-refractivity contribution is 0.213. The van der Waals surface area contributed by atoms with E-state index in [1.807, 2.05) is 0 Å². The second-order valence-electron chi connectivity index (χ2n) is 8.19. The van der Waals surface area contributed by atoms with Gasteiger partial charge in [-0.2, -0.15) is 0 Å². The Morgan fingerprint density at radius 2 is 1.75 bits per heavy atom. The molecule has 0 aromatic carbocycles. The van der Waals surface area contributed by atoms with Gasteiger partial charge in [0, 0.05) is 12.1 Å². The van der Waals surface area contributed by atoms with Crippen LogP contribution in [0.5, 0.6) is 0 Å². The fourth-order valence-electron chi connectivity index (χ4n) is 3.70. The molecule has 0 spiro atoms. The number of unbranched alkanes of at least 4 members (excludes halogenated alkanes) is 3. The van der Waals surface area contributed by atoms with E-state index in [9.17, 15) is 0 Å². The van der Waals surface area contributed by atoms with Crippen molar-refractivity contribution in [1.82, 2.24) is 5.32 Å². The molecule has 3 atom stereocenters. The van der Waals surface area contributed by atoms with Crippen LogP contribution in [0.15, 0.2) is 0 Å². The third-order valence-electron chi connectivity index (χ3n) is 5.20. The first-order valence-electron chi connectivity index (χ1n) is 9.19. The third kappa shape index (κ3) is 7.11. The second-order valence-corrected chi connectivity index (χ2v) is 8.19. The standard InChI is InChI=1S/C19H39N/c1-6-7-8-9-11-16(2)20-18-13-10-12-17(14-15-18)19(3,4)5/h16-18,20H,6-15H2,1-5H3. The van der Waals surface area contributed by atoms with Gasteiger partial charge in [0.05, 0.1) is 0 Å². The predicted molar refractivity (Wildman–Crippen MR) is 91.2 cm³/mol. The van der Waals surface area contributed by atoms with E-state index in [0.29, 0.717) is 11.5 Å². The molecular weight excluding hydrogens is 242 g/mol. The zero-order chi connectivity index (χ0) is 15.0. The van der Waals surface area contributed by atoms with Gasteiger partial charge in [-0.3, -0.25) is 0 Å². The van der Waals surface area contributed by atoms with Gasteiger partial charge in [-0.05, 0) is 50.4 Å². The molecule has 0 heterocycles. The van der Waals surface area contributed by atoms with Gasteiger partial charge in [0.15, 0.2) is 0 Å². The summed E-state index contributed by atoms with van der Waals surface area (Å²) >= 11 is 0. The fraction of sp³-hybridized carbons (Fsp3) is 1.00. The molecule has 1 aliphatic carbocycles. The number of hydrogen-bond acceptors (Lipinski definition) is 1. The lowest BCUT2D eigenvalue weighted by Crippen LogP contribution is -2.36. The minimum atomic E-state index is 0.501. The van der Waals surface area contributed by atoms with Gasteiger partial charge in [-0.15, -0.1) is 0 Å². The number of nitrogens with one attached hydrogen (secondary N) is 1. The lowest BCUT2D eigenvalue weighted by atomic mass is 9.76. The quantitative estimate of drug-likeness (QED) is 0.450. The Morgan fingerprint density at radius 1 is 1.00 bits per heavy atom. The summed E-state index contributed by atoms with van der Waals surface area (Å²) in [6, 6.07) is 1.49. The van der Waals surface area contributed by atoms with Crippen LogP contribution in [0, 0.1) is 11.3 Å². The van der Waals surface area contributed by atoms with Gasteiger partial charge < -0.3 is 5.32 Å². The lowest BCUT2D eigenvalue weighted by Gasteiger charge is -2.30. The first kappa shape index (κ1) is 18.0. The highest BCUT2D eigenvalue weighted by atomic mass is 14.9. The van der Waals surface area contributed by atoms with Crippen LogP contribution in [0.4, 0.5) is 0 Å². The van der Waals surface area contributed by atoms with E-state index in [0.717, 1.165) is 12.0 Å². The molecule has 0 radical (unpaired) electrons. The van der Waals surface area contributed by atoms with E-state index in [-0.39, 0.29) is 0 Å². The van der Waals surface area contributed by atoms with Gasteiger partial charge in [0.2, 0.25) is 0 Å². The Labute approximate surface area is 128 Å². The molecule has 1 nitrogen and oxygen atoms in total. The van der Waals surface area contributed by atoms with Crippen molar-refractivity contribution >= 4 is 0 Å². The molecule has 0 saturated heterocycles. The summed E-state index contributed by atoms with van der Waals surface area (Å²) < 4.78 is 0. The SMILES string of the molecule is CCCCCCC(C)NC1CCCC(C(C)(C)C)CC1. The molecule has 1 heteroatoms. The van der Waals surface area contributed by atoms with E-state index in [1.54, 1.807) is 0 Å². The Bertz CT molecular complexity index is 241. The molecule has 1 N–H and O–H groups in total. The normalized spacial score (nSPS) is 26.2. The van der Waals surface area contributed by atoms with E-state index in [1.165, 1.54) is 64.2 Å². The van der Waals surface area contributed by atoms with Crippen LogP contribution in [-0.4, -0.2) is 12.1 Å². The molecule has 120 valence electrons. The molecule has 0 aromatic heterocycles. The van der Waals surface area contributed by atoms with Crippen molar-refractivity contribution in [2.45, 2.75) is 111 Å². The van der Waals surface area contributed by atoms with Crippen molar-refractivity contribution in [1.29, 1.82) is 0 Å². The molecule has 0 bridgehead atoms. The highest BCUT2D eigenvalue weighted by molar-refractivity contribution is 4.82. The van der Waals surface area contributed by atoms with E-state index < -0.39 is 0 Å². The number of hydrogen-bond donors (Lipinski definition) is 1. The molecule has 1 rings (SSSR count). The summed E-state index contributed by atoms with van der Waals surface area (Å²) in [5.74, 6) is 0.925. The summed E-state index contributed by atoms with van der Waals surface area (Å²) in [6.07, 6.45) is 14.0. The first-order valence-corrected chi connectivity index (χ1v) is 9.19. The van der Waals surface area contributed by atoms with Crippen LogP contribution in [0.1, 0.15) is 98.8 Å². The second kappa shape index (κ2) is 9.07. The van der Waals surface area contributed by atoms with Gasteiger partial charge in [-0.1, -0.05) is 59.8 Å². The summed E-state index contributed by atoms with van der Waals surface area (Å²) in [4.78, 5) is 0. The van der Waals surface area contributed by atoms with Crippen LogP contribution < -0.4 is 5.32 Å². The topological polar surface area (TPSA) is 12.0 Å². The molecule has 3 unspecified atom stereocenters. The molecule has 1 saturated carbocycles. The summed E-state index contributed by atoms with van der Waals surface area (Å²) in [5, 5.41) is 3.91. The van der Waals surface area contributed by atoms with Crippen LogP contribution >= 0.6 is 0 Å². The minimum Gasteiger partial charge on any atom is -0.312 e. The summed E-state index contributed by atoms with van der Waals surface area (Å²) in [7, 11) is 0. The molecule has 0 aromatic rings. The van der Waals surface area contributed by atoms with E-state index >= 15 is 0 Å². The van der Waals surface area contributed by atoms with E-state index in [2.05, 4.69) is 39.9 Å². The minimum absolute atomic E-state index is 0.501. The largest absolute Gasteiger partial charge is 0.312 e. The number of rotatable bonds is 7. The first-order chi connectivity index (χ1) is 9.43. The maximum atomic E-state index is 3.91. The highest BCUT2D eigenvalue weighted by Gasteiger charge is 2.27. The Kier molecular flexibility index (Phi) is 8.17. The van der Waals surface area contributed by atoms with Crippen molar-refractivity contribution in [2.75, 3.05) is 0 Å². The van der Waals surface area contributed by atoms with Crippen LogP contribution in [0.3, 0.4) is 0 Å². The molecular formula is C19H39N. The Morgan fingerprint density at radius 3 is 2.40 bits per heavy atom. The van der Waals surface area contributed by atoms with Crippen LogP contribution in [0.2, 0.25) is 0 Å². The monoisotopic (exact) mass is 281 g/mol. The highest BCUT2D eigenvalue weighted by Crippen LogP contribution is 2.36. The van der Waals surface area contributed by atoms with Crippen LogP contribution in [0.25, 0.3) is 0 Å². The van der Waals surface area contributed by atoms with Gasteiger partial charge in [-0.25, -0.2) is 0 Å².